The Morgan fingerprint density at radius 1 is 1.30 bits per heavy atom. The first-order valence-electron chi connectivity index (χ1n) is 8.53. The Labute approximate surface area is 139 Å². The first kappa shape index (κ1) is 17.6. The van der Waals surface area contributed by atoms with E-state index in [0.29, 0.717) is 6.54 Å². The summed E-state index contributed by atoms with van der Waals surface area (Å²) in [6.45, 7) is 9.34. The molecule has 0 aliphatic carbocycles. The standard InChI is InChI=1S/C18H29N3O2/c1-14(22)19-10-8-16-7-5-6-11-21(16)17(23)15-9-12-20(13-15)18(2,3)4/h9,12-13,16H,5-8,10-11H2,1-4H3,(H,19,22)/t16-/m0/s1. The Balaban J connectivity index is 2.05. The molecule has 0 unspecified atom stereocenters. The van der Waals surface area contributed by atoms with Crippen LogP contribution in [0, 0.1) is 0 Å². The SMILES string of the molecule is CC(=O)NCC[C@@H]1CCCCN1C(=O)c1ccn(C(C)(C)C)c1. The molecule has 1 aromatic rings. The minimum Gasteiger partial charge on any atom is -0.356 e. The molecule has 2 heterocycles. The molecule has 0 radical (unpaired) electrons. The van der Waals surface area contributed by atoms with E-state index in [9.17, 15) is 9.59 Å². The number of amides is 2. The lowest BCUT2D eigenvalue weighted by Gasteiger charge is -2.36. The van der Waals surface area contributed by atoms with E-state index in [0.717, 1.165) is 37.8 Å². The van der Waals surface area contributed by atoms with Crippen molar-refractivity contribution < 1.29 is 9.59 Å². The monoisotopic (exact) mass is 319 g/mol. The largest absolute Gasteiger partial charge is 0.356 e. The predicted molar refractivity (Wildman–Crippen MR) is 91.4 cm³/mol. The van der Waals surface area contributed by atoms with Crippen molar-refractivity contribution in [2.45, 2.75) is 65.0 Å². The summed E-state index contributed by atoms with van der Waals surface area (Å²) in [6.07, 6.45) is 7.97. The van der Waals surface area contributed by atoms with E-state index in [4.69, 9.17) is 0 Å². The normalized spacial score (nSPS) is 18.8. The Bertz CT molecular complexity index is 557. The summed E-state index contributed by atoms with van der Waals surface area (Å²) in [5.74, 6) is 0.0986. The van der Waals surface area contributed by atoms with Gasteiger partial charge in [-0.3, -0.25) is 9.59 Å². The van der Waals surface area contributed by atoms with Crippen molar-refractivity contribution in [1.29, 1.82) is 0 Å². The highest BCUT2D eigenvalue weighted by atomic mass is 16.2. The van der Waals surface area contributed by atoms with Crippen molar-refractivity contribution in [2.24, 2.45) is 0 Å². The Morgan fingerprint density at radius 2 is 2.04 bits per heavy atom. The average Bonchev–Trinajstić information content (AvgIpc) is 2.96. The molecule has 23 heavy (non-hydrogen) atoms. The van der Waals surface area contributed by atoms with Crippen LogP contribution in [0.3, 0.4) is 0 Å². The van der Waals surface area contributed by atoms with Crippen molar-refractivity contribution in [3.63, 3.8) is 0 Å². The number of nitrogens with one attached hydrogen (secondary N) is 1. The second-order valence-electron chi connectivity index (χ2n) is 7.40. The van der Waals surface area contributed by atoms with Gasteiger partial charge in [0.2, 0.25) is 5.91 Å². The topological polar surface area (TPSA) is 54.3 Å². The summed E-state index contributed by atoms with van der Waals surface area (Å²) < 4.78 is 2.08. The fraction of sp³-hybridized carbons (Fsp3) is 0.667. The summed E-state index contributed by atoms with van der Waals surface area (Å²) in [6, 6.07) is 2.13. The predicted octanol–water partition coefficient (Wildman–Crippen LogP) is 2.76. The van der Waals surface area contributed by atoms with Crippen LogP contribution in [0.15, 0.2) is 18.5 Å². The van der Waals surface area contributed by atoms with Gasteiger partial charge in [0.15, 0.2) is 0 Å². The van der Waals surface area contributed by atoms with Crippen molar-refractivity contribution >= 4 is 11.8 Å². The van der Waals surface area contributed by atoms with E-state index in [2.05, 4.69) is 30.7 Å². The highest BCUT2D eigenvalue weighted by Gasteiger charge is 2.28. The maximum absolute atomic E-state index is 12.9. The number of hydrogen-bond donors (Lipinski definition) is 1. The lowest BCUT2D eigenvalue weighted by Crippen LogP contribution is -2.45. The van der Waals surface area contributed by atoms with E-state index < -0.39 is 0 Å². The minimum atomic E-state index is -0.0226. The molecule has 1 atom stereocenters. The molecule has 1 aliphatic heterocycles. The van der Waals surface area contributed by atoms with Gasteiger partial charge in [-0.2, -0.15) is 0 Å². The van der Waals surface area contributed by atoms with Gasteiger partial charge in [0.25, 0.3) is 5.91 Å². The summed E-state index contributed by atoms with van der Waals surface area (Å²) in [5.41, 5.74) is 0.733. The molecule has 0 spiro atoms. The van der Waals surface area contributed by atoms with Crippen molar-refractivity contribution in [1.82, 2.24) is 14.8 Å². The maximum atomic E-state index is 12.9. The number of carbonyl (C=O) groups excluding carboxylic acids is 2. The molecule has 5 heteroatoms. The lowest BCUT2D eigenvalue weighted by atomic mass is 9.98. The molecule has 1 N–H and O–H groups in total. The molecule has 0 saturated carbocycles. The number of carbonyl (C=O) groups is 2. The van der Waals surface area contributed by atoms with Crippen LogP contribution in [0.25, 0.3) is 0 Å². The van der Waals surface area contributed by atoms with Gasteiger partial charge >= 0.3 is 0 Å². The molecule has 1 aromatic heterocycles. The molecule has 128 valence electrons. The molecular formula is C18H29N3O2. The Kier molecular flexibility index (Phi) is 5.50. The summed E-state index contributed by atoms with van der Waals surface area (Å²) in [4.78, 5) is 25.9. The second kappa shape index (κ2) is 7.20. The van der Waals surface area contributed by atoms with Crippen LogP contribution in [-0.2, 0) is 10.3 Å². The third kappa shape index (κ3) is 4.60. The zero-order valence-electron chi connectivity index (χ0n) is 14.8. The lowest BCUT2D eigenvalue weighted by molar-refractivity contribution is -0.119. The van der Waals surface area contributed by atoms with Gasteiger partial charge in [-0.15, -0.1) is 0 Å². The second-order valence-corrected chi connectivity index (χ2v) is 7.40. The molecule has 2 rings (SSSR count). The molecule has 2 amide bonds. The maximum Gasteiger partial charge on any atom is 0.255 e. The van der Waals surface area contributed by atoms with E-state index in [1.807, 2.05) is 23.4 Å². The highest BCUT2D eigenvalue weighted by molar-refractivity contribution is 5.94. The van der Waals surface area contributed by atoms with Gasteiger partial charge in [0.05, 0.1) is 5.56 Å². The van der Waals surface area contributed by atoms with E-state index in [1.54, 1.807) is 0 Å². The quantitative estimate of drug-likeness (QED) is 0.928. The van der Waals surface area contributed by atoms with Gasteiger partial charge in [-0.25, -0.2) is 0 Å². The van der Waals surface area contributed by atoms with Crippen LogP contribution in [0.1, 0.15) is 63.7 Å². The van der Waals surface area contributed by atoms with E-state index >= 15 is 0 Å². The molecule has 1 fully saturated rings. The zero-order valence-corrected chi connectivity index (χ0v) is 14.8. The van der Waals surface area contributed by atoms with Crippen LogP contribution >= 0.6 is 0 Å². The van der Waals surface area contributed by atoms with Crippen LogP contribution in [0.5, 0.6) is 0 Å². The average molecular weight is 319 g/mol. The molecule has 0 bridgehead atoms. The third-order valence-electron chi connectivity index (χ3n) is 4.45. The third-order valence-corrected chi connectivity index (χ3v) is 4.45. The van der Waals surface area contributed by atoms with Crippen LogP contribution in [0.4, 0.5) is 0 Å². The first-order valence-corrected chi connectivity index (χ1v) is 8.53. The number of piperidine rings is 1. The Hall–Kier alpha value is -1.78. The van der Waals surface area contributed by atoms with Gasteiger partial charge in [0.1, 0.15) is 0 Å². The van der Waals surface area contributed by atoms with Gasteiger partial charge in [-0.05, 0) is 52.5 Å². The fourth-order valence-corrected chi connectivity index (χ4v) is 3.09. The Morgan fingerprint density at radius 3 is 2.65 bits per heavy atom. The number of aromatic nitrogens is 1. The van der Waals surface area contributed by atoms with Crippen LogP contribution in [-0.4, -0.2) is 40.4 Å². The molecule has 5 nitrogen and oxygen atoms in total. The van der Waals surface area contributed by atoms with Gasteiger partial charge in [0, 0.05) is 44.0 Å². The number of hydrogen-bond acceptors (Lipinski definition) is 2. The number of nitrogens with zero attached hydrogens (tertiary/aromatic N) is 2. The van der Waals surface area contributed by atoms with E-state index in [-0.39, 0.29) is 23.4 Å². The molecule has 1 aliphatic rings. The van der Waals surface area contributed by atoms with Crippen molar-refractivity contribution in [3.8, 4) is 0 Å². The zero-order chi connectivity index (χ0) is 17.0. The first-order chi connectivity index (χ1) is 10.8. The molecular weight excluding hydrogens is 290 g/mol. The molecule has 1 saturated heterocycles. The smallest absolute Gasteiger partial charge is 0.255 e. The van der Waals surface area contributed by atoms with Gasteiger partial charge < -0.3 is 14.8 Å². The van der Waals surface area contributed by atoms with Crippen LogP contribution in [0.2, 0.25) is 0 Å². The highest BCUT2D eigenvalue weighted by Crippen LogP contribution is 2.23. The number of likely N-dealkylation sites (tertiary alicyclic amines) is 1. The molecule has 0 aromatic carbocycles. The summed E-state index contributed by atoms with van der Waals surface area (Å²) in [5, 5.41) is 2.84. The summed E-state index contributed by atoms with van der Waals surface area (Å²) in [7, 11) is 0. The minimum absolute atomic E-state index is 0.0130. The summed E-state index contributed by atoms with van der Waals surface area (Å²) >= 11 is 0. The van der Waals surface area contributed by atoms with Crippen LogP contribution < -0.4 is 5.32 Å². The van der Waals surface area contributed by atoms with Crippen molar-refractivity contribution in [2.75, 3.05) is 13.1 Å². The van der Waals surface area contributed by atoms with Gasteiger partial charge in [-0.1, -0.05) is 0 Å². The van der Waals surface area contributed by atoms with Crippen molar-refractivity contribution in [3.05, 3.63) is 24.0 Å². The number of rotatable bonds is 4. The fourth-order valence-electron chi connectivity index (χ4n) is 3.09. The van der Waals surface area contributed by atoms with E-state index in [1.165, 1.54) is 6.92 Å².